The molecule has 3 rings (SSSR count). The normalized spacial score (nSPS) is 41.8. The van der Waals surface area contributed by atoms with Crippen LogP contribution in [0.1, 0.15) is 58.3 Å². The fraction of sp³-hybridized carbons (Fsp3) is 1.00. The first-order chi connectivity index (χ1) is 8.27. The highest BCUT2D eigenvalue weighted by atomic mass is 16.5. The molecule has 1 spiro atoms. The van der Waals surface area contributed by atoms with Gasteiger partial charge in [-0.3, -0.25) is 0 Å². The van der Waals surface area contributed by atoms with Crippen molar-refractivity contribution in [1.29, 1.82) is 0 Å². The second-order valence-electron chi connectivity index (χ2n) is 6.69. The molecule has 0 amide bonds. The molecular weight excluding hydrogens is 210 g/mol. The summed E-state index contributed by atoms with van der Waals surface area (Å²) in [6, 6.07) is 0.785. The number of hydrogen-bond donors (Lipinski definition) is 1. The molecule has 2 nitrogen and oxygen atoms in total. The van der Waals surface area contributed by atoms with Crippen molar-refractivity contribution in [3.05, 3.63) is 0 Å². The summed E-state index contributed by atoms with van der Waals surface area (Å²) in [5.74, 6) is 1.76. The maximum absolute atomic E-state index is 6.14. The van der Waals surface area contributed by atoms with Crippen LogP contribution in [0.2, 0.25) is 0 Å². The average Bonchev–Trinajstić information content (AvgIpc) is 2.78. The second-order valence-corrected chi connectivity index (χ2v) is 6.69. The van der Waals surface area contributed by atoms with Crippen LogP contribution in [-0.2, 0) is 4.74 Å². The lowest BCUT2D eigenvalue weighted by Crippen LogP contribution is -2.48. The van der Waals surface area contributed by atoms with Crippen LogP contribution in [0.25, 0.3) is 0 Å². The molecule has 2 heteroatoms. The molecular formula is C15H27NO. The smallest absolute Gasteiger partial charge is 0.0685 e. The maximum atomic E-state index is 6.14. The Morgan fingerprint density at radius 2 is 1.94 bits per heavy atom. The van der Waals surface area contributed by atoms with E-state index in [4.69, 9.17) is 4.74 Å². The minimum Gasteiger partial charge on any atom is -0.375 e. The lowest BCUT2D eigenvalue weighted by molar-refractivity contribution is -0.0994. The van der Waals surface area contributed by atoms with Gasteiger partial charge in [0.2, 0.25) is 0 Å². The monoisotopic (exact) mass is 237 g/mol. The highest BCUT2D eigenvalue weighted by molar-refractivity contribution is 4.95. The maximum Gasteiger partial charge on any atom is 0.0685 e. The largest absolute Gasteiger partial charge is 0.375 e. The van der Waals surface area contributed by atoms with Gasteiger partial charge in [-0.25, -0.2) is 0 Å². The first-order valence-electron chi connectivity index (χ1n) is 7.65. The van der Waals surface area contributed by atoms with Crippen molar-refractivity contribution in [3.63, 3.8) is 0 Å². The van der Waals surface area contributed by atoms with Crippen LogP contribution in [0, 0.1) is 11.8 Å². The molecule has 3 fully saturated rings. The highest BCUT2D eigenvalue weighted by Crippen LogP contribution is 2.43. The van der Waals surface area contributed by atoms with Crippen LogP contribution in [0.4, 0.5) is 0 Å². The summed E-state index contributed by atoms with van der Waals surface area (Å²) in [5, 5.41) is 3.79. The molecule has 0 aromatic carbocycles. The Morgan fingerprint density at radius 1 is 1.12 bits per heavy atom. The fourth-order valence-electron chi connectivity index (χ4n) is 4.20. The molecule has 3 atom stereocenters. The lowest BCUT2D eigenvalue weighted by atomic mass is 9.77. The van der Waals surface area contributed by atoms with E-state index in [9.17, 15) is 0 Å². The van der Waals surface area contributed by atoms with Gasteiger partial charge in [0, 0.05) is 12.6 Å². The Kier molecular flexibility index (Phi) is 3.45. The van der Waals surface area contributed by atoms with E-state index in [-0.39, 0.29) is 0 Å². The van der Waals surface area contributed by atoms with E-state index in [1.54, 1.807) is 0 Å². The van der Waals surface area contributed by atoms with Crippen molar-refractivity contribution in [3.8, 4) is 0 Å². The topological polar surface area (TPSA) is 21.3 Å². The fourth-order valence-corrected chi connectivity index (χ4v) is 4.20. The van der Waals surface area contributed by atoms with Gasteiger partial charge in [0.1, 0.15) is 0 Å². The molecule has 1 N–H and O–H groups in total. The number of rotatable bonds is 1. The Morgan fingerprint density at radius 3 is 2.65 bits per heavy atom. The zero-order valence-corrected chi connectivity index (χ0v) is 11.2. The standard InChI is InChI=1S/C15H27NO/c1-12-4-5-14(16-11-12)13-6-9-17-15(10-13)7-2-3-8-15/h12-14,16H,2-11H2,1H3. The van der Waals surface area contributed by atoms with Gasteiger partial charge < -0.3 is 10.1 Å². The summed E-state index contributed by atoms with van der Waals surface area (Å²) < 4.78 is 6.14. The van der Waals surface area contributed by atoms with Crippen LogP contribution < -0.4 is 5.32 Å². The van der Waals surface area contributed by atoms with Gasteiger partial charge in [0.15, 0.2) is 0 Å². The number of hydrogen-bond acceptors (Lipinski definition) is 2. The summed E-state index contributed by atoms with van der Waals surface area (Å²) in [7, 11) is 0. The SMILES string of the molecule is CC1CCC(C2CCOC3(CCCC3)C2)NC1. The van der Waals surface area contributed by atoms with E-state index in [0.717, 1.165) is 24.5 Å². The first kappa shape index (κ1) is 12.0. The zero-order valence-electron chi connectivity index (χ0n) is 11.2. The molecule has 1 aliphatic carbocycles. The van der Waals surface area contributed by atoms with Crippen LogP contribution in [0.15, 0.2) is 0 Å². The van der Waals surface area contributed by atoms with E-state index in [0.29, 0.717) is 5.60 Å². The molecule has 17 heavy (non-hydrogen) atoms. The molecule has 0 radical (unpaired) electrons. The average molecular weight is 237 g/mol. The van der Waals surface area contributed by atoms with E-state index in [1.807, 2.05) is 0 Å². The highest BCUT2D eigenvalue weighted by Gasteiger charge is 2.42. The van der Waals surface area contributed by atoms with Gasteiger partial charge in [0.25, 0.3) is 0 Å². The van der Waals surface area contributed by atoms with Crippen LogP contribution in [0.3, 0.4) is 0 Å². The summed E-state index contributed by atoms with van der Waals surface area (Å²) in [6.07, 6.45) is 10.9. The molecule has 98 valence electrons. The van der Waals surface area contributed by atoms with Gasteiger partial charge in [-0.05, 0) is 56.9 Å². The van der Waals surface area contributed by atoms with E-state index in [2.05, 4.69) is 12.2 Å². The summed E-state index contributed by atoms with van der Waals surface area (Å²) in [6.45, 7) is 4.61. The molecule has 2 saturated heterocycles. The van der Waals surface area contributed by atoms with Crippen LogP contribution in [-0.4, -0.2) is 24.8 Å². The molecule has 2 heterocycles. The Bertz CT molecular complexity index is 252. The van der Waals surface area contributed by atoms with Gasteiger partial charge in [-0.2, -0.15) is 0 Å². The molecule has 0 aromatic heterocycles. The molecule has 1 saturated carbocycles. The summed E-state index contributed by atoms with van der Waals surface area (Å²) >= 11 is 0. The zero-order chi connectivity index (χ0) is 11.7. The predicted octanol–water partition coefficient (Wildman–Crippen LogP) is 3.11. The third kappa shape index (κ3) is 2.53. The number of nitrogens with one attached hydrogen (secondary N) is 1. The van der Waals surface area contributed by atoms with Crippen LogP contribution in [0.5, 0.6) is 0 Å². The van der Waals surface area contributed by atoms with E-state index < -0.39 is 0 Å². The van der Waals surface area contributed by atoms with Gasteiger partial charge >= 0.3 is 0 Å². The van der Waals surface area contributed by atoms with E-state index in [1.165, 1.54) is 57.9 Å². The third-order valence-electron chi connectivity index (χ3n) is 5.31. The summed E-state index contributed by atoms with van der Waals surface area (Å²) in [5.41, 5.74) is 0.299. The van der Waals surface area contributed by atoms with Gasteiger partial charge in [-0.1, -0.05) is 19.8 Å². The second kappa shape index (κ2) is 4.89. The molecule has 0 aromatic rings. The van der Waals surface area contributed by atoms with Crippen LogP contribution >= 0.6 is 0 Å². The molecule has 2 aliphatic heterocycles. The van der Waals surface area contributed by atoms with Crippen molar-refractivity contribution in [1.82, 2.24) is 5.32 Å². The summed E-state index contributed by atoms with van der Waals surface area (Å²) in [4.78, 5) is 0. The number of ether oxygens (including phenoxy) is 1. The Hall–Kier alpha value is -0.0800. The van der Waals surface area contributed by atoms with Crippen molar-refractivity contribution in [2.45, 2.75) is 69.9 Å². The molecule has 3 unspecified atom stereocenters. The quantitative estimate of drug-likeness (QED) is 0.756. The van der Waals surface area contributed by atoms with Crippen molar-refractivity contribution in [2.75, 3.05) is 13.2 Å². The minimum atomic E-state index is 0.299. The van der Waals surface area contributed by atoms with Gasteiger partial charge in [0.05, 0.1) is 5.60 Å². The Balaban J connectivity index is 1.60. The van der Waals surface area contributed by atoms with Gasteiger partial charge in [-0.15, -0.1) is 0 Å². The third-order valence-corrected chi connectivity index (χ3v) is 5.31. The van der Waals surface area contributed by atoms with Crippen molar-refractivity contribution in [2.24, 2.45) is 11.8 Å². The minimum absolute atomic E-state index is 0.299. The predicted molar refractivity (Wildman–Crippen MR) is 70.1 cm³/mol. The lowest BCUT2D eigenvalue weighted by Gasteiger charge is -2.43. The molecule has 0 bridgehead atoms. The molecule has 3 aliphatic rings. The first-order valence-corrected chi connectivity index (χ1v) is 7.65. The van der Waals surface area contributed by atoms with Crippen molar-refractivity contribution < 1.29 is 4.74 Å². The number of piperidine rings is 1. The van der Waals surface area contributed by atoms with E-state index >= 15 is 0 Å². The van der Waals surface area contributed by atoms with Crippen molar-refractivity contribution >= 4 is 0 Å². The Labute approximate surface area is 105 Å².